The highest BCUT2D eigenvalue weighted by Crippen LogP contribution is 2.29. The third kappa shape index (κ3) is 3.10. The largest absolute Gasteiger partial charge is 0.291 e. The van der Waals surface area contributed by atoms with Crippen molar-refractivity contribution in [3.63, 3.8) is 0 Å². The van der Waals surface area contributed by atoms with Gasteiger partial charge in [-0.1, -0.05) is 38.0 Å². The lowest BCUT2D eigenvalue weighted by atomic mass is 10.1. The maximum atomic E-state index is 2.32. The van der Waals surface area contributed by atoms with Crippen molar-refractivity contribution in [2.24, 2.45) is 0 Å². The molecule has 0 unspecified atom stereocenters. The van der Waals surface area contributed by atoms with E-state index in [1.54, 1.807) is 5.69 Å². The van der Waals surface area contributed by atoms with E-state index in [0.717, 1.165) is 0 Å². The summed E-state index contributed by atoms with van der Waals surface area (Å²) in [6, 6.07) is 11.2. The third-order valence-electron chi connectivity index (χ3n) is 4.17. The topological polar surface area (TPSA) is 0 Å². The normalized spacial score (nSPS) is 18.4. The summed E-state index contributed by atoms with van der Waals surface area (Å²) in [5.41, 5.74) is 1.54. The number of hydrogen-bond donors (Lipinski definition) is 0. The summed E-state index contributed by atoms with van der Waals surface area (Å²) in [7, 11) is 0. The lowest BCUT2D eigenvalue weighted by Gasteiger charge is -2.34. The van der Waals surface area contributed by atoms with Crippen molar-refractivity contribution < 1.29 is 0 Å². The number of nitrogens with zero attached hydrogens (tertiary/aromatic N) is 1. The Bertz CT molecular complexity index is 312. The Balaban J connectivity index is 2.00. The van der Waals surface area contributed by atoms with Crippen LogP contribution in [0, 0.1) is 0 Å². The van der Waals surface area contributed by atoms with E-state index < -0.39 is 0 Å². The van der Waals surface area contributed by atoms with Crippen LogP contribution in [0.15, 0.2) is 30.3 Å². The Labute approximate surface area is 106 Å². The molecule has 1 saturated heterocycles. The van der Waals surface area contributed by atoms with Gasteiger partial charge in [0.15, 0.2) is 0 Å². The Morgan fingerprint density at radius 3 is 2.29 bits per heavy atom. The fraction of sp³-hybridized carbons (Fsp3) is 0.625. The van der Waals surface area contributed by atoms with Crippen LogP contribution in [0.4, 0.5) is 5.69 Å². The van der Waals surface area contributed by atoms with E-state index in [1.165, 1.54) is 62.6 Å². The second-order valence-electron chi connectivity index (χ2n) is 5.42. The van der Waals surface area contributed by atoms with Gasteiger partial charge < -0.3 is 0 Å². The first-order chi connectivity index (χ1) is 8.37. The first-order valence-corrected chi connectivity index (χ1v) is 7.29. The van der Waals surface area contributed by atoms with Crippen LogP contribution in [0.2, 0.25) is 0 Å². The van der Waals surface area contributed by atoms with Gasteiger partial charge in [0.05, 0.1) is 19.6 Å². The van der Waals surface area contributed by atoms with Crippen molar-refractivity contribution in [2.75, 3.05) is 19.6 Å². The summed E-state index contributed by atoms with van der Waals surface area (Å²) in [5.74, 6) is 0. The highest BCUT2D eigenvalue weighted by molar-refractivity contribution is 5.43. The molecule has 1 nitrogen and oxygen atoms in total. The van der Waals surface area contributed by atoms with Gasteiger partial charge >= 0.3 is 0 Å². The number of rotatable bonds is 6. The maximum Gasteiger partial charge on any atom is 0.132 e. The highest BCUT2D eigenvalue weighted by atomic mass is 15.4. The SMILES string of the molecule is CCCCCC[N+]1(c2ccccc2)CCCC1. The zero-order valence-electron chi connectivity index (χ0n) is 11.2. The molecule has 0 aromatic heterocycles. The lowest BCUT2D eigenvalue weighted by molar-refractivity contribution is 0.323. The van der Waals surface area contributed by atoms with Crippen LogP contribution < -0.4 is 4.48 Å². The molecule has 0 aliphatic carbocycles. The molecule has 1 aliphatic heterocycles. The van der Waals surface area contributed by atoms with E-state index in [2.05, 4.69) is 37.3 Å². The van der Waals surface area contributed by atoms with Crippen LogP contribution in [0.3, 0.4) is 0 Å². The van der Waals surface area contributed by atoms with Gasteiger partial charge in [-0.2, -0.15) is 0 Å². The molecule has 17 heavy (non-hydrogen) atoms. The van der Waals surface area contributed by atoms with Gasteiger partial charge in [0.1, 0.15) is 5.69 Å². The van der Waals surface area contributed by atoms with E-state index >= 15 is 0 Å². The molecule has 0 saturated carbocycles. The van der Waals surface area contributed by atoms with Gasteiger partial charge in [-0.15, -0.1) is 0 Å². The van der Waals surface area contributed by atoms with E-state index in [9.17, 15) is 0 Å². The van der Waals surface area contributed by atoms with Crippen LogP contribution in [-0.2, 0) is 0 Å². The van der Waals surface area contributed by atoms with Gasteiger partial charge in [0.25, 0.3) is 0 Å². The number of quaternary nitrogens is 1. The minimum absolute atomic E-state index is 1.25. The van der Waals surface area contributed by atoms with Crippen molar-refractivity contribution in [3.05, 3.63) is 30.3 Å². The summed E-state index contributed by atoms with van der Waals surface area (Å²) < 4.78 is 1.25. The summed E-state index contributed by atoms with van der Waals surface area (Å²) >= 11 is 0. The number of likely N-dealkylation sites (tertiary alicyclic amines) is 1. The van der Waals surface area contributed by atoms with Crippen molar-refractivity contribution in [1.82, 2.24) is 4.48 Å². The molecular weight excluding hydrogens is 206 g/mol. The minimum Gasteiger partial charge on any atom is -0.291 e. The number of para-hydroxylation sites is 1. The van der Waals surface area contributed by atoms with Crippen LogP contribution in [-0.4, -0.2) is 19.6 Å². The van der Waals surface area contributed by atoms with Crippen molar-refractivity contribution in [3.8, 4) is 0 Å². The zero-order chi connectivity index (χ0) is 12.0. The zero-order valence-corrected chi connectivity index (χ0v) is 11.2. The fourth-order valence-corrected chi connectivity index (χ4v) is 3.14. The Hall–Kier alpha value is -0.820. The van der Waals surface area contributed by atoms with Crippen molar-refractivity contribution in [2.45, 2.75) is 45.4 Å². The standard InChI is InChI=1S/C16H26N/c1-2-3-4-8-13-17(14-9-10-15-17)16-11-6-5-7-12-16/h5-7,11-12H,2-4,8-10,13-15H2,1H3/q+1. The van der Waals surface area contributed by atoms with Crippen LogP contribution in [0.25, 0.3) is 0 Å². The van der Waals surface area contributed by atoms with Gasteiger partial charge in [-0.3, -0.25) is 4.48 Å². The lowest BCUT2D eigenvalue weighted by Crippen LogP contribution is -2.47. The Kier molecular flexibility index (Phi) is 4.61. The number of hydrogen-bond acceptors (Lipinski definition) is 0. The van der Waals surface area contributed by atoms with E-state index in [0.29, 0.717) is 0 Å². The van der Waals surface area contributed by atoms with E-state index in [4.69, 9.17) is 0 Å². The molecule has 0 amide bonds. The molecule has 1 heterocycles. The summed E-state index contributed by atoms with van der Waals surface area (Å²) in [5, 5.41) is 0. The van der Waals surface area contributed by atoms with Crippen molar-refractivity contribution in [1.29, 1.82) is 0 Å². The molecule has 94 valence electrons. The molecule has 1 aliphatic rings. The van der Waals surface area contributed by atoms with Gasteiger partial charge in [0.2, 0.25) is 0 Å². The molecule has 1 aromatic carbocycles. The van der Waals surface area contributed by atoms with E-state index in [1.807, 2.05) is 0 Å². The molecule has 1 heteroatoms. The summed E-state index contributed by atoms with van der Waals surface area (Å²) in [4.78, 5) is 0. The highest BCUT2D eigenvalue weighted by Gasteiger charge is 2.33. The van der Waals surface area contributed by atoms with Gasteiger partial charge in [-0.25, -0.2) is 0 Å². The molecular formula is C16H26N+. The van der Waals surface area contributed by atoms with E-state index in [-0.39, 0.29) is 0 Å². The monoisotopic (exact) mass is 232 g/mol. The second kappa shape index (κ2) is 6.20. The quantitative estimate of drug-likeness (QED) is 0.505. The number of benzene rings is 1. The average molecular weight is 232 g/mol. The third-order valence-corrected chi connectivity index (χ3v) is 4.17. The average Bonchev–Trinajstić information content (AvgIpc) is 2.86. The smallest absolute Gasteiger partial charge is 0.132 e. The molecule has 0 spiro atoms. The van der Waals surface area contributed by atoms with Crippen LogP contribution in [0.5, 0.6) is 0 Å². The second-order valence-corrected chi connectivity index (χ2v) is 5.42. The Morgan fingerprint density at radius 2 is 1.65 bits per heavy atom. The van der Waals surface area contributed by atoms with Crippen molar-refractivity contribution >= 4 is 5.69 Å². The number of unbranched alkanes of at least 4 members (excludes halogenated alkanes) is 3. The van der Waals surface area contributed by atoms with Gasteiger partial charge in [-0.05, 0) is 25.0 Å². The summed E-state index contributed by atoms with van der Waals surface area (Å²) in [6.45, 7) is 6.35. The predicted molar refractivity (Wildman–Crippen MR) is 76.2 cm³/mol. The molecule has 1 fully saturated rings. The molecule has 0 radical (unpaired) electrons. The molecule has 2 rings (SSSR count). The molecule has 1 aromatic rings. The fourth-order valence-electron chi connectivity index (χ4n) is 3.14. The Morgan fingerprint density at radius 1 is 0.941 bits per heavy atom. The van der Waals surface area contributed by atoms with Gasteiger partial charge in [0, 0.05) is 12.8 Å². The first-order valence-electron chi connectivity index (χ1n) is 7.29. The maximum absolute atomic E-state index is 2.32. The minimum atomic E-state index is 1.25. The summed E-state index contributed by atoms with van der Waals surface area (Å²) in [6.07, 6.45) is 8.34. The first kappa shape index (κ1) is 12.6. The molecule has 0 atom stereocenters. The van der Waals surface area contributed by atoms with Crippen LogP contribution in [0.1, 0.15) is 45.4 Å². The van der Waals surface area contributed by atoms with Crippen LogP contribution >= 0.6 is 0 Å². The molecule has 0 N–H and O–H groups in total. The predicted octanol–water partition coefficient (Wildman–Crippen LogP) is 4.37. The molecule has 0 bridgehead atoms.